The van der Waals surface area contributed by atoms with Crippen LogP contribution in [0.3, 0.4) is 0 Å². The maximum absolute atomic E-state index is 11.9. The van der Waals surface area contributed by atoms with E-state index >= 15 is 0 Å². The Morgan fingerprint density at radius 2 is 1.96 bits per heavy atom. The number of nitrogens with zero attached hydrogens (tertiary/aromatic N) is 2. The summed E-state index contributed by atoms with van der Waals surface area (Å²) in [6.07, 6.45) is 0. The fourth-order valence-electron chi connectivity index (χ4n) is 1.87. The highest BCUT2D eigenvalue weighted by Gasteiger charge is 2.24. The van der Waals surface area contributed by atoms with Gasteiger partial charge in [0, 0.05) is 6.07 Å². The summed E-state index contributed by atoms with van der Waals surface area (Å²) in [5.74, 6) is 0.00504. The number of benzene rings is 1. The van der Waals surface area contributed by atoms with E-state index in [2.05, 4.69) is 32.5 Å². The number of hydrogen-bond donors (Lipinski definition) is 3. The first-order chi connectivity index (χ1) is 10.9. The zero-order chi connectivity index (χ0) is 16.6. The van der Waals surface area contributed by atoms with Crippen LogP contribution in [0.4, 0.5) is 17.2 Å². The highest BCUT2D eigenvalue weighted by atomic mass is 32.1. The summed E-state index contributed by atoms with van der Waals surface area (Å²) in [4.78, 5) is 41.6. The number of hydrogen-bond acceptors (Lipinski definition) is 9. The molecule has 0 atom stereocenters. The molecule has 1 aromatic heterocycles. The third-order valence-electron chi connectivity index (χ3n) is 2.82. The van der Waals surface area contributed by atoms with Crippen LogP contribution in [0.5, 0.6) is 11.5 Å². The number of rotatable bonds is 3. The summed E-state index contributed by atoms with van der Waals surface area (Å²) in [5.41, 5.74) is -2.18. The minimum atomic E-state index is -0.890. The molecule has 23 heavy (non-hydrogen) atoms. The Hall–Kier alpha value is -3.28. The van der Waals surface area contributed by atoms with Crippen LogP contribution in [0.1, 0.15) is 0 Å². The van der Waals surface area contributed by atoms with Crippen LogP contribution in [-0.4, -0.2) is 26.7 Å². The van der Waals surface area contributed by atoms with Crippen LogP contribution in [0.2, 0.25) is 0 Å². The number of nitro benzene ring substituents is 1. The minimum Gasteiger partial charge on any atom is -0.454 e. The van der Waals surface area contributed by atoms with Gasteiger partial charge in [-0.2, -0.15) is 4.98 Å². The molecule has 0 radical (unpaired) electrons. The summed E-state index contributed by atoms with van der Waals surface area (Å²) in [6, 6.07) is 2.42. The molecule has 0 unspecified atom stereocenters. The maximum Gasteiger partial charge on any atom is 0.349 e. The fourth-order valence-corrected chi connectivity index (χ4v) is 2.05. The van der Waals surface area contributed by atoms with Crippen LogP contribution in [0.15, 0.2) is 21.7 Å². The molecule has 0 fully saturated rings. The van der Waals surface area contributed by atoms with E-state index < -0.39 is 22.0 Å². The van der Waals surface area contributed by atoms with Crippen LogP contribution in [0.25, 0.3) is 0 Å². The Balaban J connectivity index is 2.15. The second-order valence-corrected chi connectivity index (χ2v) is 4.69. The number of H-pyrrole nitrogens is 2. The van der Waals surface area contributed by atoms with Crippen molar-refractivity contribution >= 4 is 29.4 Å². The first-order valence-electron chi connectivity index (χ1n) is 6.04. The second-order valence-electron chi connectivity index (χ2n) is 4.28. The summed E-state index contributed by atoms with van der Waals surface area (Å²) >= 11 is 4.69. The lowest BCUT2D eigenvalue weighted by Gasteiger charge is -2.05. The molecule has 12 heteroatoms. The average Bonchev–Trinajstić information content (AvgIpc) is 2.87. The third-order valence-corrected chi connectivity index (χ3v) is 3.02. The number of nitrogens with one attached hydrogen (secondary N) is 3. The van der Waals surface area contributed by atoms with Crippen molar-refractivity contribution in [3.63, 3.8) is 0 Å². The van der Waals surface area contributed by atoms with Gasteiger partial charge in [0.05, 0.1) is 11.0 Å². The molecule has 3 rings (SSSR count). The zero-order valence-electron chi connectivity index (χ0n) is 11.1. The van der Waals surface area contributed by atoms with Gasteiger partial charge in [-0.3, -0.25) is 24.9 Å². The first-order valence-corrected chi connectivity index (χ1v) is 6.45. The second kappa shape index (κ2) is 5.49. The predicted molar refractivity (Wildman–Crippen MR) is 78.8 cm³/mol. The SMILES string of the molecule is O=c1nc(Nc2cc3c(cc2[N+](=O)[O-])OCO3)c(=O)[nH]c(=S)[nH]1. The summed E-state index contributed by atoms with van der Waals surface area (Å²) in [6.45, 7) is -0.0753. The van der Waals surface area contributed by atoms with E-state index in [9.17, 15) is 19.7 Å². The van der Waals surface area contributed by atoms with E-state index in [0.29, 0.717) is 0 Å². The lowest BCUT2D eigenvalue weighted by molar-refractivity contribution is -0.384. The number of ether oxygens (including phenoxy) is 2. The van der Waals surface area contributed by atoms with Gasteiger partial charge in [-0.1, -0.05) is 0 Å². The molecule has 0 saturated carbocycles. The molecule has 1 aromatic carbocycles. The van der Waals surface area contributed by atoms with Gasteiger partial charge in [-0.05, 0) is 12.2 Å². The molecule has 0 saturated heterocycles. The van der Waals surface area contributed by atoms with Crippen molar-refractivity contribution in [2.45, 2.75) is 0 Å². The van der Waals surface area contributed by atoms with Gasteiger partial charge in [0.1, 0.15) is 5.69 Å². The normalized spacial score (nSPS) is 12.0. The van der Waals surface area contributed by atoms with Crippen LogP contribution in [0, 0.1) is 14.9 Å². The highest BCUT2D eigenvalue weighted by molar-refractivity contribution is 7.71. The molecule has 118 valence electrons. The van der Waals surface area contributed by atoms with Gasteiger partial charge >= 0.3 is 5.69 Å². The maximum atomic E-state index is 11.9. The molecule has 11 nitrogen and oxygen atoms in total. The number of aromatic nitrogens is 3. The standard InChI is InChI=1S/C11H7N5O6S/c17-9-8(13-10(18)15-11(23)14-9)12-4-1-6-7(22-3-21-6)2-5(4)16(19)20/h1-2H,3H2,(H3,12,13,14,15,17,18,23). The summed E-state index contributed by atoms with van der Waals surface area (Å²) in [7, 11) is 0. The largest absolute Gasteiger partial charge is 0.454 e. The van der Waals surface area contributed by atoms with Crippen LogP contribution in [-0.2, 0) is 0 Å². The molecule has 0 bridgehead atoms. The van der Waals surface area contributed by atoms with Crippen LogP contribution >= 0.6 is 12.2 Å². The van der Waals surface area contributed by atoms with Crippen molar-refractivity contribution < 1.29 is 14.4 Å². The van der Waals surface area contributed by atoms with Gasteiger partial charge in [-0.25, -0.2) is 4.79 Å². The van der Waals surface area contributed by atoms with Crippen molar-refractivity contribution in [2.75, 3.05) is 12.1 Å². The lowest BCUT2D eigenvalue weighted by Crippen LogP contribution is -2.14. The lowest BCUT2D eigenvalue weighted by atomic mass is 10.2. The number of aromatic amines is 2. The van der Waals surface area contributed by atoms with Crippen molar-refractivity contribution in [2.24, 2.45) is 0 Å². The van der Waals surface area contributed by atoms with E-state index in [1.807, 2.05) is 0 Å². The topological polar surface area (TPSA) is 152 Å². The molecule has 3 N–H and O–H groups in total. The van der Waals surface area contributed by atoms with Crippen molar-refractivity contribution in [1.82, 2.24) is 15.0 Å². The average molecular weight is 337 g/mol. The van der Waals surface area contributed by atoms with Crippen LogP contribution < -0.4 is 26.0 Å². The molecule has 0 aliphatic carbocycles. The third kappa shape index (κ3) is 2.87. The number of nitro groups is 1. The van der Waals surface area contributed by atoms with Crippen molar-refractivity contribution in [3.05, 3.63) is 47.9 Å². The van der Waals surface area contributed by atoms with E-state index in [1.54, 1.807) is 0 Å². The van der Waals surface area contributed by atoms with Gasteiger partial charge in [-0.15, -0.1) is 0 Å². The van der Waals surface area contributed by atoms with E-state index in [0.717, 1.165) is 6.07 Å². The Bertz CT molecular complexity index is 984. The molecular weight excluding hydrogens is 330 g/mol. The first kappa shape index (κ1) is 14.6. The molecule has 1 aliphatic heterocycles. The monoisotopic (exact) mass is 337 g/mol. The highest BCUT2D eigenvalue weighted by Crippen LogP contribution is 2.40. The zero-order valence-corrected chi connectivity index (χ0v) is 11.9. The van der Waals surface area contributed by atoms with Gasteiger partial charge in [0.15, 0.2) is 16.3 Å². The van der Waals surface area contributed by atoms with Crippen molar-refractivity contribution in [3.8, 4) is 11.5 Å². The Morgan fingerprint density at radius 1 is 1.26 bits per heavy atom. The molecule has 2 heterocycles. The van der Waals surface area contributed by atoms with E-state index in [1.165, 1.54) is 6.07 Å². The number of fused-ring (bicyclic) bond motifs is 1. The Labute approximate surface area is 131 Å². The molecule has 1 aliphatic rings. The molecule has 0 spiro atoms. The van der Waals surface area contributed by atoms with Gasteiger partial charge in [0.25, 0.3) is 11.2 Å². The summed E-state index contributed by atoms with van der Waals surface area (Å²) in [5, 5.41) is 13.6. The van der Waals surface area contributed by atoms with Crippen molar-refractivity contribution in [1.29, 1.82) is 0 Å². The van der Waals surface area contributed by atoms with Gasteiger partial charge in [0.2, 0.25) is 12.6 Å². The predicted octanol–water partition coefficient (Wildman–Crippen LogP) is 0.568. The molecule has 0 amide bonds. The van der Waals surface area contributed by atoms with Gasteiger partial charge < -0.3 is 14.8 Å². The molecule has 2 aromatic rings. The smallest absolute Gasteiger partial charge is 0.349 e. The quantitative estimate of drug-likeness (QED) is 0.414. The van der Waals surface area contributed by atoms with E-state index in [4.69, 9.17) is 9.47 Å². The minimum absolute atomic E-state index is 0.0753. The van der Waals surface area contributed by atoms with E-state index in [-0.39, 0.29) is 34.4 Å². The molecular formula is C11H7N5O6S. The summed E-state index contributed by atoms with van der Waals surface area (Å²) < 4.78 is 9.97. The number of anilines is 2. The Kier molecular flexibility index (Phi) is 3.50. The fraction of sp³-hybridized carbons (Fsp3) is 0.0909. The Morgan fingerprint density at radius 3 is 2.65 bits per heavy atom.